The molecule has 0 unspecified atom stereocenters. The van der Waals surface area contributed by atoms with Gasteiger partial charge in [-0.2, -0.15) is 0 Å². The molecule has 0 radical (unpaired) electrons. The normalized spacial score (nSPS) is 11.3. The number of carbonyl (C=O) groups is 1. The number of halogens is 2. The van der Waals surface area contributed by atoms with Crippen molar-refractivity contribution in [2.24, 2.45) is 0 Å². The fourth-order valence-corrected chi connectivity index (χ4v) is 3.90. The quantitative estimate of drug-likeness (QED) is 0.893. The highest BCUT2D eigenvalue weighted by Crippen LogP contribution is 2.24. The zero-order valence-corrected chi connectivity index (χ0v) is 13.0. The summed E-state index contributed by atoms with van der Waals surface area (Å²) in [6.07, 6.45) is 0. The van der Waals surface area contributed by atoms with Gasteiger partial charge in [0.15, 0.2) is 9.84 Å². The predicted octanol–water partition coefficient (Wildman–Crippen LogP) is 3.26. The minimum atomic E-state index is -3.86. The van der Waals surface area contributed by atoms with Crippen molar-refractivity contribution in [1.29, 1.82) is 0 Å². The van der Waals surface area contributed by atoms with Crippen molar-refractivity contribution in [3.8, 4) is 0 Å². The summed E-state index contributed by atoms with van der Waals surface area (Å²) in [6.45, 7) is 0. The molecule has 0 saturated heterocycles. The third-order valence-electron chi connectivity index (χ3n) is 2.78. The summed E-state index contributed by atoms with van der Waals surface area (Å²) >= 11 is 3.13. The second-order valence-corrected chi connectivity index (χ2v) is 7.20. The van der Waals surface area contributed by atoms with E-state index in [0.29, 0.717) is 10.0 Å². The van der Waals surface area contributed by atoms with Gasteiger partial charge in [0.25, 0.3) is 0 Å². The number of hydrogen-bond acceptors (Lipinski definition) is 3. The molecule has 1 N–H and O–H groups in total. The monoisotopic (exact) mass is 372 g/mol. The second-order valence-electron chi connectivity index (χ2n) is 4.33. The van der Waals surface area contributed by atoms with E-state index in [1.54, 1.807) is 0 Å². The molecule has 0 fully saturated rings. The molecule has 0 spiro atoms. The lowest BCUT2D eigenvalue weighted by molar-refractivity contribution is 0.0692. The van der Waals surface area contributed by atoms with E-state index in [1.807, 2.05) is 0 Å². The Hall–Kier alpha value is -1.73. The first-order valence-electron chi connectivity index (χ1n) is 5.79. The maximum Gasteiger partial charge on any atom is 0.337 e. The van der Waals surface area contributed by atoms with Crippen LogP contribution in [0.5, 0.6) is 0 Å². The fourth-order valence-electron chi connectivity index (χ4n) is 1.81. The van der Waals surface area contributed by atoms with Crippen LogP contribution in [0.4, 0.5) is 4.39 Å². The third kappa shape index (κ3) is 3.68. The summed E-state index contributed by atoms with van der Waals surface area (Å²) in [5.41, 5.74) is 0.0908. The van der Waals surface area contributed by atoms with E-state index < -0.39 is 27.4 Å². The van der Waals surface area contributed by atoms with Crippen LogP contribution >= 0.6 is 15.9 Å². The first kappa shape index (κ1) is 15.7. The van der Waals surface area contributed by atoms with Gasteiger partial charge in [0.2, 0.25) is 0 Å². The zero-order chi connectivity index (χ0) is 15.6. The number of rotatable bonds is 4. The van der Waals surface area contributed by atoms with Crippen molar-refractivity contribution in [3.05, 3.63) is 63.9 Å². The van der Waals surface area contributed by atoms with Crippen LogP contribution in [0.15, 0.2) is 51.8 Å². The Bertz CT molecular complexity index is 785. The van der Waals surface area contributed by atoms with Crippen LogP contribution in [-0.4, -0.2) is 19.5 Å². The van der Waals surface area contributed by atoms with E-state index in [1.165, 1.54) is 30.3 Å². The van der Waals surface area contributed by atoms with Gasteiger partial charge in [0, 0.05) is 4.47 Å². The number of carboxylic acids is 1. The van der Waals surface area contributed by atoms with Gasteiger partial charge in [-0.15, -0.1) is 0 Å². The summed E-state index contributed by atoms with van der Waals surface area (Å²) in [7, 11) is -3.86. The van der Waals surface area contributed by atoms with Crippen LogP contribution in [0.25, 0.3) is 0 Å². The van der Waals surface area contributed by atoms with Crippen molar-refractivity contribution in [2.45, 2.75) is 10.6 Å². The van der Waals surface area contributed by atoms with E-state index in [0.717, 1.165) is 12.1 Å². The molecule has 7 heteroatoms. The molecule has 2 aromatic carbocycles. The Morgan fingerprint density at radius 1 is 1.14 bits per heavy atom. The molecular weight excluding hydrogens is 363 g/mol. The number of benzene rings is 2. The van der Waals surface area contributed by atoms with Crippen molar-refractivity contribution in [3.63, 3.8) is 0 Å². The highest BCUT2D eigenvalue weighted by Gasteiger charge is 2.23. The molecule has 0 saturated carbocycles. The Balaban J connectivity index is 2.46. The van der Waals surface area contributed by atoms with Crippen molar-refractivity contribution >= 4 is 31.7 Å². The molecule has 0 aliphatic carbocycles. The number of aromatic carboxylic acids is 1. The van der Waals surface area contributed by atoms with Gasteiger partial charge in [-0.25, -0.2) is 17.6 Å². The Kier molecular flexibility index (Phi) is 4.43. The highest BCUT2D eigenvalue weighted by atomic mass is 79.9. The first-order chi connectivity index (χ1) is 9.79. The molecule has 4 nitrogen and oxygen atoms in total. The molecule has 0 atom stereocenters. The summed E-state index contributed by atoms with van der Waals surface area (Å²) in [5, 5.41) is 9.09. The topological polar surface area (TPSA) is 71.4 Å². The van der Waals surface area contributed by atoms with Gasteiger partial charge in [0.1, 0.15) is 5.82 Å². The van der Waals surface area contributed by atoms with Gasteiger partial charge in [-0.1, -0.05) is 28.1 Å². The molecule has 2 rings (SSSR count). The molecule has 0 aliphatic rings. The minimum Gasteiger partial charge on any atom is -0.478 e. The van der Waals surface area contributed by atoms with E-state index in [9.17, 15) is 17.6 Å². The third-order valence-corrected chi connectivity index (χ3v) is 4.99. The summed E-state index contributed by atoms with van der Waals surface area (Å²) in [6, 6.07) is 8.96. The molecule has 2 aromatic rings. The van der Waals surface area contributed by atoms with Crippen LogP contribution in [0.1, 0.15) is 15.9 Å². The molecule has 0 heterocycles. The standard InChI is InChI=1S/C14H10BrFO4S/c15-10-3-6-12(14(17)18)13(7-10)21(19,20)8-9-1-4-11(16)5-2-9/h1-7H,8H2,(H,17,18). The lowest BCUT2D eigenvalue weighted by Gasteiger charge is -2.08. The van der Waals surface area contributed by atoms with Crippen molar-refractivity contribution in [2.75, 3.05) is 0 Å². The van der Waals surface area contributed by atoms with Gasteiger partial charge in [0.05, 0.1) is 16.2 Å². The lowest BCUT2D eigenvalue weighted by atomic mass is 10.2. The van der Waals surface area contributed by atoms with Crippen LogP contribution < -0.4 is 0 Å². The molecule has 0 aliphatic heterocycles. The Morgan fingerprint density at radius 2 is 1.76 bits per heavy atom. The maximum atomic E-state index is 12.8. The minimum absolute atomic E-state index is 0.270. The summed E-state index contributed by atoms with van der Waals surface area (Å²) in [4.78, 5) is 10.9. The van der Waals surface area contributed by atoms with Gasteiger partial charge in [-0.3, -0.25) is 0 Å². The molecule has 0 amide bonds. The second kappa shape index (κ2) is 5.95. The van der Waals surface area contributed by atoms with Crippen LogP contribution in [0, 0.1) is 5.82 Å². The number of hydrogen-bond donors (Lipinski definition) is 1. The Labute approximate surface area is 129 Å². The molecular formula is C14H10BrFO4S. The van der Waals surface area contributed by atoms with E-state index in [-0.39, 0.29) is 10.5 Å². The summed E-state index contributed by atoms with van der Waals surface area (Å²) in [5.74, 6) is -2.19. The van der Waals surface area contributed by atoms with Crippen LogP contribution in [0.2, 0.25) is 0 Å². The van der Waals surface area contributed by atoms with Crippen LogP contribution in [-0.2, 0) is 15.6 Å². The molecule has 0 bridgehead atoms. The zero-order valence-electron chi connectivity index (χ0n) is 10.6. The maximum absolute atomic E-state index is 12.8. The van der Waals surface area contributed by atoms with Crippen LogP contribution in [0.3, 0.4) is 0 Å². The largest absolute Gasteiger partial charge is 0.478 e. The average Bonchev–Trinajstić information content (AvgIpc) is 2.41. The predicted molar refractivity (Wildman–Crippen MR) is 78.4 cm³/mol. The van der Waals surface area contributed by atoms with Crippen molar-refractivity contribution < 1.29 is 22.7 Å². The average molecular weight is 373 g/mol. The van der Waals surface area contributed by atoms with Gasteiger partial charge < -0.3 is 5.11 Å². The van der Waals surface area contributed by atoms with Crippen molar-refractivity contribution in [1.82, 2.24) is 0 Å². The summed E-state index contributed by atoms with van der Waals surface area (Å²) < 4.78 is 38.1. The SMILES string of the molecule is O=C(O)c1ccc(Br)cc1S(=O)(=O)Cc1ccc(F)cc1. The van der Waals surface area contributed by atoms with E-state index in [2.05, 4.69) is 15.9 Å². The molecule has 110 valence electrons. The number of carboxylic acid groups (broad SMARTS) is 1. The number of sulfone groups is 1. The fraction of sp³-hybridized carbons (Fsp3) is 0.0714. The highest BCUT2D eigenvalue weighted by molar-refractivity contribution is 9.10. The molecule has 0 aromatic heterocycles. The lowest BCUT2D eigenvalue weighted by Crippen LogP contribution is -2.11. The van der Waals surface area contributed by atoms with Gasteiger partial charge >= 0.3 is 5.97 Å². The first-order valence-corrected chi connectivity index (χ1v) is 8.24. The smallest absolute Gasteiger partial charge is 0.337 e. The van der Waals surface area contributed by atoms with E-state index >= 15 is 0 Å². The van der Waals surface area contributed by atoms with E-state index in [4.69, 9.17) is 5.11 Å². The molecule has 21 heavy (non-hydrogen) atoms. The Morgan fingerprint density at radius 3 is 2.33 bits per heavy atom. The van der Waals surface area contributed by atoms with Gasteiger partial charge in [-0.05, 0) is 35.9 Å².